The van der Waals surface area contributed by atoms with E-state index in [0.29, 0.717) is 18.0 Å². The number of methoxy groups -OCH3 is 1. The van der Waals surface area contributed by atoms with E-state index >= 15 is 0 Å². The Hall–Kier alpha value is -2.28. The summed E-state index contributed by atoms with van der Waals surface area (Å²) in [6.07, 6.45) is 1.05. The zero-order chi connectivity index (χ0) is 17.8. The highest BCUT2D eigenvalue weighted by Crippen LogP contribution is 2.32. The van der Waals surface area contributed by atoms with Crippen molar-refractivity contribution in [2.24, 2.45) is 5.92 Å². The van der Waals surface area contributed by atoms with E-state index < -0.39 is 0 Å². The Morgan fingerprint density at radius 2 is 2.24 bits per heavy atom. The Labute approximate surface area is 152 Å². The molecular formula is C18H24N4O2S. The number of anilines is 2. The van der Waals surface area contributed by atoms with Gasteiger partial charge in [-0.1, -0.05) is 12.1 Å². The molecule has 1 aromatic carbocycles. The number of para-hydroxylation sites is 2. The van der Waals surface area contributed by atoms with E-state index in [9.17, 15) is 4.79 Å². The lowest BCUT2D eigenvalue weighted by atomic mass is 10.1. The maximum absolute atomic E-state index is 12.5. The number of ether oxygens (including phenoxy) is 1. The van der Waals surface area contributed by atoms with Gasteiger partial charge in [0.1, 0.15) is 10.8 Å². The van der Waals surface area contributed by atoms with E-state index in [1.54, 1.807) is 7.11 Å². The third-order valence-corrected chi connectivity index (χ3v) is 5.54. The summed E-state index contributed by atoms with van der Waals surface area (Å²) >= 11 is 1.32. The summed E-state index contributed by atoms with van der Waals surface area (Å²) < 4.78 is 9.71. The van der Waals surface area contributed by atoms with E-state index in [1.807, 2.05) is 32.2 Å². The molecule has 2 N–H and O–H groups in total. The van der Waals surface area contributed by atoms with Gasteiger partial charge in [0.15, 0.2) is 0 Å². The molecule has 1 aromatic heterocycles. The second-order valence-electron chi connectivity index (χ2n) is 6.20. The van der Waals surface area contributed by atoms with Crippen LogP contribution in [0.15, 0.2) is 24.3 Å². The van der Waals surface area contributed by atoms with Crippen LogP contribution in [0.3, 0.4) is 0 Å². The summed E-state index contributed by atoms with van der Waals surface area (Å²) in [6, 6.07) is 8.07. The van der Waals surface area contributed by atoms with Gasteiger partial charge in [-0.3, -0.25) is 4.79 Å². The number of aryl methyl sites for hydroxylation is 1. The van der Waals surface area contributed by atoms with Crippen LogP contribution in [0.2, 0.25) is 0 Å². The van der Waals surface area contributed by atoms with Crippen molar-refractivity contribution >= 4 is 28.1 Å². The number of rotatable bonds is 6. The number of aromatic nitrogens is 1. The number of amides is 1. The number of carbonyl (C=O) groups excluding carboxylic acids is 1. The Balaban J connectivity index is 1.58. The molecule has 1 fully saturated rings. The third-order valence-electron chi connectivity index (χ3n) is 4.58. The number of hydrogen-bond donors (Lipinski definition) is 2. The zero-order valence-electron chi connectivity index (χ0n) is 14.8. The van der Waals surface area contributed by atoms with Crippen LogP contribution < -0.4 is 20.3 Å². The average Bonchev–Trinajstić information content (AvgIpc) is 3.26. The van der Waals surface area contributed by atoms with Gasteiger partial charge in [0, 0.05) is 26.7 Å². The molecule has 2 aromatic rings. The van der Waals surface area contributed by atoms with E-state index in [0.717, 1.165) is 41.6 Å². The van der Waals surface area contributed by atoms with Gasteiger partial charge in [-0.2, -0.15) is 4.37 Å². The van der Waals surface area contributed by atoms with Crippen molar-refractivity contribution in [3.05, 3.63) is 35.5 Å². The minimum atomic E-state index is -0.0497. The van der Waals surface area contributed by atoms with Crippen molar-refractivity contribution in [1.82, 2.24) is 9.69 Å². The number of benzene rings is 1. The molecule has 25 heavy (non-hydrogen) atoms. The van der Waals surface area contributed by atoms with Crippen LogP contribution in [0.1, 0.15) is 22.5 Å². The first kappa shape index (κ1) is 17.5. The molecule has 0 spiro atoms. The molecule has 1 atom stereocenters. The lowest BCUT2D eigenvalue weighted by molar-refractivity contribution is 0.0948. The van der Waals surface area contributed by atoms with Crippen LogP contribution in [0, 0.1) is 12.8 Å². The topological polar surface area (TPSA) is 66.5 Å². The summed E-state index contributed by atoms with van der Waals surface area (Å²) in [5, 5.41) is 6.93. The summed E-state index contributed by atoms with van der Waals surface area (Å²) in [4.78, 5) is 14.8. The summed E-state index contributed by atoms with van der Waals surface area (Å²) in [6.45, 7) is 4.43. The van der Waals surface area contributed by atoms with Crippen LogP contribution in [0.4, 0.5) is 10.7 Å². The first-order valence-corrected chi connectivity index (χ1v) is 9.21. The minimum absolute atomic E-state index is 0.0497. The summed E-state index contributed by atoms with van der Waals surface area (Å²) in [7, 11) is 3.51. The smallest absolute Gasteiger partial charge is 0.256 e. The number of nitrogens with one attached hydrogen (secondary N) is 2. The van der Waals surface area contributed by atoms with E-state index in [-0.39, 0.29) is 5.91 Å². The normalized spacial score (nSPS) is 16.8. The highest BCUT2D eigenvalue weighted by Gasteiger charge is 2.26. The van der Waals surface area contributed by atoms with Crippen molar-refractivity contribution in [1.29, 1.82) is 0 Å². The average molecular weight is 360 g/mol. The number of nitrogens with zero attached hydrogens (tertiary/aromatic N) is 2. The fourth-order valence-corrected chi connectivity index (χ4v) is 3.98. The molecule has 0 bridgehead atoms. The molecule has 1 aliphatic rings. The molecule has 1 saturated heterocycles. The SMILES string of the molecule is CNc1snc(C)c1C(=O)NC[C@H]1CCN(c2ccccc2OC)C1. The molecule has 134 valence electrons. The number of carbonyl (C=O) groups is 1. The highest BCUT2D eigenvalue weighted by molar-refractivity contribution is 7.10. The van der Waals surface area contributed by atoms with Gasteiger partial charge in [0.2, 0.25) is 0 Å². The third kappa shape index (κ3) is 3.71. The predicted molar refractivity (Wildman–Crippen MR) is 102 cm³/mol. The molecule has 0 unspecified atom stereocenters. The van der Waals surface area contributed by atoms with Gasteiger partial charge in [0.05, 0.1) is 24.1 Å². The number of hydrogen-bond acceptors (Lipinski definition) is 6. The molecule has 0 aliphatic carbocycles. The van der Waals surface area contributed by atoms with Gasteiger partial charge in [-0.25, -0.2) is 0 Å². The monoisotopic (exact) mass is 360 g/mol. The largest absolute Gasteiger partial charge is 0.495 e. The van der Waals surface area contributed by atoms with E-state index in [2.05, 4.69) is 26.0 Å². The first-order valence-electron chi connectivity index (χ1n) is 8.44. The molecule has 3 rings (SSSR count). The second kappa shape index (κ2) is 7.74. The Kier molecular flexibility index (Phi) is 5.43. The van der Waals surface area contributed by atoms with Crippen molar-refractivity contribution in [3.63, 3.8) is 0 Å². The van der Waals surface area contributed by atoms with Gasteiger partial charge < -0.3 is 20.3 Å². The van der Waals surface area contributed by atoms with Crippen molar-refractivity contribution in [2.75, 3.05) is 44.0 Å². The van der Waals surface area contributed by atoms with Gasteiger partial charge in [-0.15, -0.1) is 0 Å². The maximum Gasteiger partial charge on any atom is 0.256 e. The molecule has 0 radical (unpaired) electrons. The molecule has 1 amide bonds. The van der Waals surface area contributed by atoms with Crippen LogP contribution in [0.5, 0.6) is 5.75 Å². The maximum atomic E-state index is 12.5. The fourth-order valence-electron chi connectivity index (χ4n) is 3.24. The molecule has 7 heteroatoms. The fraction of sp³-hybridized carbons (Fsp3) is 0.444. The van der Waals surface area contributed by atoms with Crippen LogP contribution in [-0.4, -0.2) is 44.1 Å². The Morgan fingerprint density at radius 1 is 1.44 bits per heavy atom. The van der Waals surface area contributed by atoms with E-state index in [1.165, 1.54) is 11.5 Å². The first-order chi connectivity index (χ1) is 12.1. The molecule has 2 heterocycles. The lowest BCUT2D eigenvalue weighted by Gasteiger charge is -2.21. The quantitative estimate of drug-likeness (QED) is 0.829. The predicted octanol–water partition coefficient (Wildman–Crippen LogP) is 2.76. The van der Waals surface area contributed by atoms with Crippen molar-refractivity contribution in [3.8, 4) is 5.75 Å². The summed E-state index contributed by atoms with van der Waals surface area (Å²) in [5.74, 6) is 1.27. The zero-order valence-corrected chi connectivity index (χ0v) is 15.7. The second-order valence-corrected chi connectivity index (χ2v) is 6.98. The Bertz CT molecular complexity index is 746. The standard InChI is InChI=1S/C18H24N4O2S/c1-12-16(18(19-2)25-21-12)17(23)20-10-13-8-9-22(11-13)14-6-4-5-7-15(14)24-3/h4-7,13,19H,8-11H2,1-3H3,(H,20,23)/t13-/m1/s1. The van der Waals surface area contributed by atoms with Gasteiger partial charge in [-0.05, 0) is 42.9 Å². The van der Waals surface area contributed by atoms with Gasteiger partial charge in [0.25, 0.3) is 5.91 Å². The summed E-state index contributed by atoms with van der Waals surface area (Å²) in [5.41, 5.74) is 2.55. The molecule has 6 nitrogen and oxygen atoms in total. The lowest BCUT2D eigenvalue weighted by Crippen LogP contribution is -2.31. The van der Waals surface area contributed by atoms with Crippen LogP contribution in [-0.2, 0) is 0 Å². The van der Waals surface area contributed by atoms with E-state index in [4.69, 9.17) is 4.74 Å². The molecule has 0 saturated carbocycles. The van der Waals surface area contributed by atoms with Crippen molar-refractivity contribution in [2.45, 2.75) is 13.3 Å². The van der Waals surface area contributed by atoms with Gasteiger partial charge >= 0.3 is 0 Å². The Morgan fingerprint density at radius 3 is 3.00 bits per heavy atom. The van der Waals surface area contributed by atoms with Crippen LogP contribution >= 0.6 is 11.5 Å². The molecule has 1 aliphatic heterocycles. The molecular weight excluding hydrogens is 336 g/mol. The van der Waals surface area contributed by atoms with Crippen molar-refractivity contribution < 1.29 is 9.53 Å². The highest BCUT2D eigenvalue weighted by atomic mass is 32.1. The van der Waals surface area contributed by atoms with Crippen LogP contribution in [0.25, 0.3) is 0 Å². The minimum Gasteiger partial charge on any atom is -0.495 e.